The molecule has 2 aromatic rings. The summed E-state index contributed by atoms with van der Waals surface area (Å²) in [4.78, 5) is 27.3. The Morgan fingerprint density at radius 2 is 1.82 bits per heavy atom. The van der Waals surface area contributed by atoms with Crippen molar-refractivity contribution in [3.05, 3.63) is 53.1 Å². The van der Waals surface area contributed by atoms with Crippen molar-refractivity contribution in [1.29, 1.82) is 0 Å². The second-order valence-corrected chi connectivity index (χ2v) is 7.10. The molecule has 1 saturated heterocycles. The summed E-state index contributed by atoms with van der Waals surface area (Å²) in [5.74, 6) is 0.434. The number of anilines is 2. The lowest BCUT2D eigenvalue weighted by Crippen LogP contribution is -2.30. The summed E-state index contributed by atoms with van der Waals surface area (Å²) in [6, 6.07) is 11.3. The van der Waals surface area contributed by atoms with Crippen LogP contribution in [0.25, 0.3) is 0 Å². The number of aryl methyl sites for hydroxylation is 2. The predicted molar refractivity (Wildman–Crippen MR) is 111 cm³/mol. The number of carbonyl (C=O) groups excluding carboxylic acids is 2. The van der Waals surface area contributed by atoms with Crippen molar-refractivity contribution in [3.63, 3.8) is 0 Å². The van der Waals surface area contributed by atoms with E-state index in [4.69, 9.17) is 4.74 Å². The Morgan fingerprint density at radius 1 is 1.07 bits per heavy atom. The van der Waals surface area contributed by atoms with Gasteiger partial charge in [0.25, 0.3) is 5.91 Å². The van der Waals surface area contributed by atoms with E-state index >= 15 is 0 Å². The fourth-order valence-corrected chi connectivity index (χ4v) is 3.47. The van der Waals surface area contributed by atoms with Crippen molar-refractivity contribution in [1.82, 2.24) is 4.90 Å². The van der Waals surface area contributed by atoms with E-state index in [2.05, 4.69) is 10.6 Å². The molecule has 0 aliphatic carbocycles. The smallest absolute Gasteiger partial charge is 0.256 e. The summed E-state index contributed by atoms with van der Waals surface area (Å²) in [7, 11) is 1.57. The van der Waals surface area contributed by atoms with Crippen LogP contribution in [0.1, 0.15) is 34.3 Å². The number of amides is 2. The SMILES string of the molecule is COc1ccc(C)cc1NC(=O)CNc1cccc(C)c1C(=O)N1CCCC1. The molecule has 0 aromatic heterocycles. The highest BCUT2D eigenvalue weighted by molar-refractivity contribution is 6.02. The van der Waals surface area contributed by atoms with Gasteiger partial charge >= 0.3 is 0 Å². The Morgan fingerprint density at radius 3 is 2.54 bits per heavy atom. The maximum absolute atomic E-state index is 12.9. The first-order valence-corrected chi connectivity index (χ1v) is 9.57. The van der Waals surface area contributed by atoms with Gasteiger partial charge in [-0.3, -0.25) is 9.59 Å². The molecule has 1 heterocycles. The molecule has 0 unspecified atom stereocenters. The molecule has 6 nitrogen and oxygen atoms in total. The molecule has 2 aromatic carbocycles. The van der Waals surface area contributed by atoms with Crippen LogP contribution in [0, 0.1) is 13.8 Å². The van der Waals surface area contributed by atoms with E-state index in [9.17, 15) is 9.59 Å². The van der Waals surface area contributed by atoms with Gasteiger partial charge in [0.05, 0.1) is 24.9 Å². The molecule has 28 heavy (non-hydrogen) atoms. The summed E-state index contributed by atoms with van der Waals surface area (Å²) < 4.78 is 5.30. The number of ether oxygens (including phenoxy) is 1. The number of methoxy groups -OCH3 is 1. The van der Waals surface area contributed by atoms with Gasteiger partial charge in [-0.05, 0) is 56.0 Å². The lowest BCUT2D eigenvalue weighted by molar-refractivity contribution is -0.114. The molecule has 0 atom stereocenters. The molecular formula is C22H27N3O3. The van der Waals surface area contributed by atoms with Gasteiger partial charge < -0.3 is 20.3 Å². The average molecular weight is 381 g/mol. The van der Waals surface area contributed by atoms with Crippen LogP contribution in [0.3, 0.4) is 0 Å². The van der Waals surface area contributed by atoms with Crippen molar-refractivity contribution in [2.45, 2.75) is 26.7 Å². The molecule has 3 rings (SSSR count). The number of hydrogen-bond donors (Lipinski definition) is 2. The third-order valence-corrected chi connectivity index (χ3v) is 4.95. The van der Waals surface area contributed by atoms with E-state index in [0.717, 1.165) is 37.1 Å². The van der Waals surface area contributed by atoms with Crippen LogP contribution in [-0.2, 0) is 4.79 Å². The van der Waals surface area contributed by atoms with E-state index in [-0.39, 0.29) is 18.4 Å². The molecule has 0 bridgehead atoms. The third-order valence-electron chi connectivity index (χ3n) is 4.95. The van der Waals surface area contributed by atoms with Gasteiger partial charge in [-0.2, -0.15) is 0 Å². The molecule has 148 valence electrons. The van der Waals surface area contributed by atoms with Crippen LogP contribution < -0.4 is 15.4 Å². The van der Waals surface area contributed by atoms with Crippen LogP contribution >= 0.6 is 0 Å². The van der Waals surface area contributed by atoms with Gasteiger partial charge in [0.15, 0.2) is 0 Å². The van der Waals surface area contributed by atoms with Crippen LogP contribution in [0.5, 0.6) is 5.75 Å². The van der Waals surface area contributed by atoms with Crippen molar-refractivity contribution in [2.24, 2.45) is 0 Å². The lowest BCUT2D eigenvalue weighted by atomic mass is 10.0. The zero-order valence-electron chi connectivity index (χ0n) is 16.7. The van der Waals surface area contributed by atoms with Gasteiger partial charge in [0.2, 0.25) is 5.91 Å². The first kappa shape index (κ1) is 19.7. The lowest BCUT2D eigenvalue weighted by Gasteiger charge is -2.20. The zero-order chi connectivity index (χ0) is 20.1. The summed E-state index contributed by atoms with van der Waals surface area (Å²) in [5.41, 5.74) is 3.89. The normalized spacial score (nSPS) is 13.3. The maximum atomic E-state index is 12.9. The van der Waals surface area contributed by atoms with Crippen LogP contribution in [0.15, 0.2) is 36.4 Å². The van der Waals surface area contributed by atoms with Crippen molar-refractivity contribution >= 4 is 23.2 Å². The highest BCUT2D eigenvalue weighted by Crippen LogP contribution is 2.26. The van der Waals surface area contributed by atoms with Gasteiger partial charge in [-0.1, -0.05) is 18.2 Å². The third kappa shape index (κ3) is 4.44. The Labute approximate surface area is 165 Å². The zero-order valence-corrected chi connectivity index (χ0v) is 16.7. The Hall–Kier alpha value is -3.02. The summed E-state index contributed by atoms with van der Waals surface area (Å²) in [5, 5.41) is 6.00. The molecule has 2 N–H and O–H groups in total. The van der Waals surface area contributed by atoms with E-state index in [0.29, 0.717) is 22.7 Å². The monoisotopic (exact) mass is 381 g/mol. The molecule has 6 heteroatoms. The first-order valence-electron chi connectivity index (χ1n) is 9.57. The number of likely N-dealkylation sites (tertiary alicyclic amines) is 1. The van der Waals surface area contributed by atoms with Gasteiger partial charge in [0.1, 0.15) is 5.75 Å². The number of benzene rings is 2. The topological polar surface area (TPSA) is 70.7 Å². The van der Waals surface area contributed by atoms with Gasteiger partial charge in [-0.25, -0.2) is 0 Å². The number of rotatable bonds is 6. The van der Waals surface area contributed by atoms with Crippen molar-refractivity contribution in [3.8, 4) is 5.75 Å². The van der Waals surface area contributed by atoms with Gasteiger partial charge in [-0.15, -0.1) is 0 Å². The fraction of sp³-hybridized carbons (Fsp3) is 0.364. The minimum Gasteiger partial charge on any atom is -0.495 e. The summed E-state index contributed by atoms with van der Waals surface area (Å²) >= 11 is 0. The molecule has 1 fully saturated rings. The van der Waals surface area contributed by atoms with E-state index in [1.165, 1.54) is 0 Å². The van der Waals surface area contributed by atoms with Crippen LogP contribution in [0.4, 0.5) is 11.4 Å². The quantitative estimate of drug-likeness (QED) is 0.802. The largest absolute Gasteiger partial charge is 0.495 e. The number of nitrogens with one attached hydrogen (secondary N) is 2. The first-order chi connectivity index (χ1) is 13.5. The van der Waals surface area contributed by atoms with E-state index < -0.39 is 0 Å². The standard InChI is InChI=1S/C22H27N3O3/c1-15-9-10-19(28-3)18(13-15)24-20(26)14-23-17-8-6-7-16(2)21(17)22(27)25-11-4-5-12-25/h6-10,13,23H,4-5,11-12,14H2,1-3H3,(H,24,26). The molecular weight excluding hydrogens is 354 g/mol. The minimum atomic E-state index is -0.204. The molecule has 0 spiro atoms. The van der Waals surface area contributed by atoms with Crippen LogP contribution in [-0.4, -0.2) is 43.5 Å². The minimum absolute atomic E-state index is 0.0267. The Balaban J connectivity index is 1.71. The maximum Gasteiger partial charge on any atom is 0.256 e. The number of hydrogen-bond acceptors (Lipinski definition) is 4. The number of nitrogens with zero attached hydrogens (tertiary/aromatic N) is 1. The highest BCUT2D eigenvalue weighted by Gasteiger charge is 2.23. The molecule has 0 saturated carbocycles. The fourth-order valence-electron chi connectivity index (χ4n) is 3.47. The highest BCUT2D eigenvalue weighted by atomic mass is 16.5. The Kier molecular flexibility index (Phi) is 6.19. The van der Waals surface area contributed by atoms with E-state index in [1.807, 2.05) is 55.1 Å². The van der Waals surface area contributed by atoms with Crippen molar-refractivity contribution in [2.75, 3.05) is 37.4 Å². The van der Waals surface area contributed by atoms with Crippen molar-refractivity contribution < 1.29 is 14.3 Å². The summed E-state index contributed by atoms with van der Waals surface area (Å²) in [6.45, 7) is 5.52. The Bertz CT molecular complexity index is 873. The van der Waals surface area contributed by atoms with Crippen LogP contribution in [0.2, 0.25) is 0 Å². The van der Waals surface area contributed by atoms with Gasteiger partial charge in [0, 0.05) is 18.8 Å². The summed E-state index contributed by atoms with van der Waals surface area (Å²) in [6.07, 6.45) is 2.09. The second kappa shape index (κ2) is 8.78. The molecule has 2 amide bonds. The number of carbonyl (C=O) groups is 2. The van der Waals surface area contributed by atoms with E-state index in [1.54, 1.807) is 7.11 Å². The molecule has 0 radical (unpaired) electrons. The molecule has 1 aliphatic rings. The predicted octanol–water partition coefficient (Wildman–Crippen LogP) is 3.60. The average Bonchev–Trinajstić information content (AvgIpc) is 3.21. The molecule has 1 aliphatic heterocycles. The second-order valence-electron chi connectivity index (χ2n) is 7.10.